The molecule has 56 heavy (non-hydrogen) atoms. The van der Waals surface area contributed by atoms with Crippen LogP contribution in [0.2, 0.25) is 0 Å². The van der Waals surface area contributed by atoms with Gasteiger partial charge in [0.1, 0.15) is 20.4 Å². The second-order valence-electron chi connectivity index (χ2n) is 15.0. The van der Waals surface area contributed by atoms with Crippen LogP contribution in [0.3, 0.4) is 0 Å². The van der Waals surface area contributed by atoms with E-state index in [0.717, 1.165) is 66.5 Å². The number of benzene rings is 2. The minimum Gasteiger partial charge on any atom is -0.481 e. The fourth-order valence-electron chi connectivity index (χ4n) is 8.17. The molecule has 2 fully saturated rings. The average Bonchev–Trinajstić information content (AvgIpc) is 3.92. The number of hydrogen-bond donors (Lipinski definition) is 2. The van der Waals surface area contributed by atoms with Crippen molar-refractivity contribution >= 4 is 91.6 Å². The van der Waals surface area contributed by atoms with Gasteiger partial charge < -0.3 is 15.1 Å². The number of carboxylic acids is 2. The molecule has 1 aliphatic carbocycles. The molecule has 2 aliphatic heterocycles. The zero-order valence-electron chi connectivity index (χ0n) is 32.2. The van der Waals surface area contributed by atoms with Crippen molar-refractivity contribution in [1.29, 1.82) is 0 Å². The van der Waals surface area contributed by atoms with Crippen LogP contribution in [0, 0.1) is 0 Å². The van der Waals surface area contributed by atoms with E-state index in [4.69, 9.17) is 17.3 Å². The lowest BCUT2D eigenvalue weighted by molar-refractivity contribution is -0.138. The van der Waals surface area contributed by atoms with E-state index in [1.165, 1.54) is 82.7 Å². The molecule has 3 aliphatic rings. The van der Waals surface area contributed by atoms with Crippen molar-refractivity contribution in [2.75, 3.05) is 17.2 Å². The van der Waals surface area contributed by atoms with E-state index in [0.29, 0.717) is 44.9 Å². The maximum absolute atomic E-state index is 13.8. The lowest BCUT2D eigenvalue weighted by Gasteiger charge is -2.27. The molecule has 9 nitrogen and oxygen atoms in total. The highest BCUT2D eigenvalue weighted by Crippen LogP contribution is 2.52. The van der Waals surface area contributed by atoms with Crippen LogP contribution in [-0.4, -0.2) is 60.2 Å². The third-order valence-corrected chi connectivity index (χ3v) is 14.8. The number of carboxylic acid groups (broad SMARTS) is 2. The molecule has 1 amide bonds. The van der Waals surface area contributed by atoms with Crippen LogP contribution < -0.4 is 19.7 Å². The van der Waals surface area contributed by atoms with E-state index in [1.54, 1.807) is 0 Å². The summed E-state index contributed by atoms with van der Waals surface area (Å²) in [4.78, 5) is 55.6. The first-order chi connectivity index (χ1) is 27.2. The molecule has 2 atom stereocenters. The third kappa shape index (κ3) is 10.4. The van der Waals surface area contributed by atoms with Crippen LogP contribution in [-0.2, 0) is 20.9 Å². The molecule has 0 radical (unpaired) electrons. The number of carbonyl (C=O) groups excluding carboxylic acids is 1. The highest BCUT2D eigenvalue weighted by Gasteiger charge is 2.42. The summed E-state index contributed by atoms with van der Waals surface area (Å²) >= 11 is 9.71. The first kappa shape index (κ1) is 42.2. The number of rotatable bonds is 21. The number of unbranched alkanes of at least 4 members (excludes halogenated alkanes) is 10. The van der Waals surface area contributed by atoms with Crippen LogP contribution in [0.25, 0.3) is 11.0 Å². The van der Waals surface area contributed by atoms with E-state index in [-0.39, 0.29) is 17.2 Å². The van der Waals surface area contributed by atoms with Gasteiger partial charge >= 0.3 is 11.9 Å². The molecule has 13 heteroatoms. The fourth-order valence-corrected chi connectivity index (χ4v) is 11.6. The average molecular weight is 836 g/mol. The summed E-state index contributed by atoms with van der Waals surface area (Å²) in [7, 11) is 0. The molecule has 3 heterocycles. The Morgan fingerprint density at radius 3 is 2.34 bits per heavy atom. The number of thiazole rings is 1. The molecular formula is C43H53N3O6S4. The molecule has 0 spiro atoms. The van der Waals surface area contributed by atoms with E-state index >= 15 is 0 Å². The number of hydrogen-bond acceptors (Lipinski definition) is 9. The summed E-state index contributed by atoms with van der Waals surface area (Å²) in [5.74, 6) is -0.787. The van der Waals surface area contributed by atoms with Crippen molar-refractivity contribution in [3.05, 3.63) is 73.1 Å². The predicted molar refractivity (Wildman–Crippen MR) is 234 cm³/mol. The smallest absolute Gasteiger partial charge is 0.323 e. The van der Waals surface area contributed by atoms with Crippen LogP contribution >= 0.6 is 47.1 Å². The van der Waals surface area contributed by atoms with Gasteiger partial charge in [-0.15, -0.1) is 23.1 Å². The molecular weight excluding hydrogens is 783 g/mol. The number of carbonyl (C=O) groups is 3. The summed E-state index contributed by atoms with van der Waals surface area (Å²) in [5, 5.41) is 18.6. The molecule has 2 unspecified atom stereocenters. The molecule has 2 N–H and O–H groups in total. The minimum atomic E-state index is -1.17. The summed E-state index contributed by atoms with van der Waals surface area (Å²) in [5.41, 5.74) is 4.10. The summed E-state index contributed by atoms with van der Waals surface area (Å²) in [6.45, 7) is 2.08. The van der Waals surface area contributed by atoms with Gasteiger partial charge in [-0.2, -0.15) is 0 Å². The van der Waals surface area contributed by atoms with Gasteiger partial charge in [-0.05, 0) is 91.5 Å². The Kier molecular flexibility index (Phi) is 15.3. The molecule has 1 aromatic heterocycles. The topological polar surface area (TPSA) is 120 Å². The molecule has 1 saturated heterocycles. The van der Waals surface area contributed by atoms with Gasteiger partial charge in [0.2, 0.25) is 0 Å². The number of aliphatic carboxylic acids is 2. The van der Waals surface area contributed by atoms with Crippen molar-refractivity contribution in [2.24, 2.45) is 0 Å². The highest BCUT2D eigenvalue weighted by molar-refractivity contribution is 8.30. The van der Waals surface area contributed by atoms with Crippen molar-refractivity contribution in [3.63, 3.8) is 0 Å². The first-order valence-electron chi connectivity index (χ1n) is 20.2. The molecule has 3 aromatic rings. The highest BCUT2D eigenvalue weighted by atomic mass is 32.2. The number of fused-ring (bicyclic) bond motifs is 3. The normalized spacial score (nSPS) is 19.0. The maximum atomic E-state index is 13.8. The number of nitrogens with zero attached hydrogens (tertiary/aromatic N) is 3. The number of thioether (sulfide) groups is 2. The van der Waals surface area contributed by atoms with E-state index in [9.17, 15) is 24.3 Å². The Morgan fingerprint density at radius 2 is 1.61 bits per heavy atom. The predicted octanol–water partition coefficient (Wildman–Crippen LogP) is 8.85. The summed E-state index contributed by atoms with van der Waals surface area (Å²) in [6, 6.07) is 15.8. The zero-order chi connectivity index (χ0) is 39.6. The van der Waals surface area contributed by atoms with Gasteiger partial charge in [0.05, 0.1) is 4.53 Å². The monoisotopic (exact) mass is 835 g/mol. The molecule has 1 saturated carbocycles. The first-order valence-corrected chi connectivity index (χ1v) is 23.3. The Bertz CT molecular complexity index is 2080. The third-order valence-electron chi connectivity index (χ3n) is 11.0. The molecule has 2 aromatic carbocycles. The minimum absolute atomic E-state index is 0.117. The Morgan fingerprint density at radius 1 is 0.893 bits per heavy atom. The second kappa shape index (κ2) is 20.3. The largest absolute Gasteiger partial charge is 0.481 e. The Balaban J connectivity index is 1.18. The quantitative estimate of drug-likeness (QED) is 0.0612. The Labute approximate surface area is 347 Å². The second-order valence-corrected chi connectivity index (χ2v) is 18.9. The number of aromatic nitrogens is 1. The van der Waals surface area contributed by atoms with Crippen molar-refractivity contribution in [1.82, 2.24) is 9.47 Å². The summed E-state index contributed by atoms with van der Waals surface area (Å²) in [6.07, 6.45) is 18.7. The SMILES string of the molecule is CCCCCCCCCCSc1ccc(N2c3ccc(C=c4sc(=C5SC(=S)N(CCCCCCC(=O)O)C5=O)n(CC(=O)O)c4=O)cc3C3CCCC32)cc1. The molecule has 6 rings (SSSR count). The van der Waals surface area contributed by atoms with Crippen molar-refractivity contribution in [3.8, 4) is 0 Å². The standard InChI is InChI=1S/C43H53N3O6S4/c1-2-3-4-5-6-7-10-13-25-54-31-21-19-30(20-22-31)46-34-16-14-15-32(34)33-26-29(18-23-35(33)46)27-36-40(51)45(28-38(49)50)42(55-36)39-41(52)44(43(53)56-39)24-12-9-8-11-17-37(47)48/h18-23,26-27,32,34H,2-17,24-25,28H2,1H3,(H,47,48)(H,49,50). The van der Waals surface area contributed by atoms with Crippen LogP contribution in [0.1, 0.15) is 127 Å². The van der Waals surface area contributed by atoms with Crippen LogP contribution in [0.15, 0.2) is 52.2 Å². The maximum Gasteiger partial charge on any atom is 0.323 e. The number of anilines is 2. The Hall–Kier alpha value is -3.39. The van der Waals surface area contributed by atoms with Gasteiger partial charge in [-0.3, -0.25) is 28.6 Å². The van der Waals surface area contributed by atoms with Gasteiger partial charge in [0.25, 0.3) is 11.5 Å². The zero-order valence-corrected chi connectivity index (χ0v) is 35.5. The number of amides is 1. The van der Waals surface area contributed by atoms with E-state index in [1.807, 2.05) is 23.9 Å². The molecule has 0 bridgehead atoms. The fraction of sp³-hybridized carbons (Fsp3) is 0.512. The number of thiocarbonyl (C=S) groups is 1. The lowest BCUT2D eigenvalue weighted by Crippen LogP contribution is -2.35. The molecule has 300 valence electrons. The van der Waals surface area contributed by atoms with Gasteiger partial charge in [0.15, 0.2) is 0 Å². The van der Waals surface area contributed by atoms with E-state index < -0.39 is 24.0 Å². The van der Waals surface area contributed by atoms with Gasteiger partial charge in [0, 0.05) is 41.2 Å². The van der Waals surface area contributed by atoms with Gasteiger partial charge in [-0.25, -0.2) is 0 Å². The van der Waals surface area contributed by atoms with Crippen molar-refractivity contribution in [2.45, 2.75) is 133 Å². The van der Waals surface area contributed by atoms with Gasteiger partial charge in [-0.1, -0.05) is 101 Å². The van der Waals surface area contributed by atoms with Crippen molar-refractivity contribution < 1.29 is 24.6 Å². The van der Waals surface area contributed by atoms with E-state index in [2.05, 4.69) is 48.2 Å². The van der Waals surface area contributed by atoms with Crippen LogP contribution in [0.5, 0.6) is 0 Å². The summed E-state index contributed by atoms with van der Waals surface area (Å²) < 4.78 is 2.21. The lowest BCUT2D eigenvalue weighted by atomic mass is 9.96. The van der Waals surface area contributed by atoms with Crippen LogP contribution in [0.4, 0.5) is 11.4 Å².